The first-order valence-electron chi connectivity index (χ1n) is 6.66. The van der Waals surface area contributed by atoms with Gasteiger partial charge in [0.1, 0.15) is 0 Å². The van der Waals surface area contributed by atoms with Crippen molar-refractivity contribution < 1.29 is 9.90 Å². The molecule has 0 fully saturated rings. The molecule has 3 heteroatoms. The van der Waals surface area contributed by atoms with Crippen LogP contribution in [0.3, 0.4) is 0 Å². The lowest BCUT2D eigenvalue weighted by atomic mass is 9.86. The summed E-state index contributed by atoms with van der Waals surface area (Å²) in [5, 5.41) is 8.72. The van der Waals surface area contributed by atoms with Crippen molar-refractivity contribution in [2.75, 3.05) is 0 Å². The number of carboxylic acid groups (broad SMARTS) is 1. The van der Waals surface area contributed by atoms with E-state index in [2.05, 4.69) is 19.9 Å². The molecule has 0 aliphatic heterocycles. The van der Waals surface area contributed by atoms with Crippen LogP contribution in [0.4, 0.5) is 0 Å². The zero-order chi connectivity index (χ0) is 13.5. The number of hydrogen-bond donors (Lipinski definition) is 2. The maximum absolute atomic E-state index is 10.6. The molecule has 100 valence electrons. The summed E-state index contributed by atoms with van der Waals surface area (Å²) in [6.07, 6.45) is 2.78. The predicted octanol–water partition coefficient (Wildman–Crippen LogP) is 3.45. The molecule has 0 saturated carbocycles. The van der Waals surface area contributed by atoms with Gasteiger partial charge >= 0.3 is 5.97 Å². The first-order chi connectivity index (χ1) is 8.60. The Balaban J connectivity index is 2.90. The van der Waals surface area contributed by atoms with Crippen LogP contribution >= 0.6 is 0 Å². The van der Waals surface area contributed by atoms with E-state index < -0.39 is 5.97 Å². The molecule has 0 aliphatic carbocycles. The van der Waals surface area contributed by atoms with Gasteiger partial charge in [-0.2, -0.15) is 0 Å². The summed E-state index contributed by atoms with van der Waals surface area (Å²) < 4.78 is 0. The molecule has 3 nitrogen and oxygen atoms in total. The highest BCUT2D eigenvalue weighted by molar-refractivity contribution is 5.66. The van der Waals surface area contributed by atoms with Gasteiger partial charge in [-0.25, -0.2) is 0 Å². The van der Waals surface area contributed by atoms with Crippen molar-refractivity contribution >= 4 is 5.97 Å². The van der Waals surface area contributed by atoms with E-state index in [0.29, 0.717) is 12.3 Å². The van der Waals surface area contributed by atoms with Gasteiger partial charge in [0, 0.05) is 12.5 Å². The molecule has 18 heavy (non-hydrogen) atoms. The van der Waals surface area contributed by atoms with E-state index in [4.69, 9.17) is 10.8 Å². The number of carboxylic acids is 1. The van der Waals surface area contributed by atoms with Gasteiger partial charge in [0.25, 0.3) is 0 Å². The molecule has 1 aromatic rings. The van der Waals surface area contributed by atoms with Crippen molar-refractivity contribution in [1.29, 1.82) is 0 Å². The first kappa shape index (κ1) is 14.7. The highest BCUT2D eigenvalue weighted by atomic mass is 16.4. The lowest BCUT2D eigenvalue weighted by Gasteiger charge is -2.21. The van der Waals surface area contributed by atoms with Crippen LogP contribution in [0, 0.1) is 0 Å². The van der Waals surface area contributed by atoms with Gasteiger partial charge in [-0.05, 0) is 36.3 Å². The monoisotopic (exact) mass is 249 g/mol. The molecule has 0 heterocycles. The molecule has 1 unspecified atom stereocenters. The summed E-state index contributed by atoms with van der Waals surface area (Å²) in [6, 6.07) is 7.97. The largest absolute Gasteiger partial charge is 0.481 e. The van der Waals surface area contributed by atoms with Gasteiger partial charge in [-0.1, -0.05) is 38.1 Å². The quantitative estimate of drug-likeness (QED) is 0.778. The third-order valence-corrected chi connectivity index (χ3v) is 3.49. The predicted molar refractivity (Wildman–Crippen MR) is 73.6 cm³/mol. The molecule has 1 atom stereocenters. The lowest BCUT2D eigenvalue weighted by Crippen LogP contribution is -2.15. The summed E-state index contributed by atoms with van der Waals surface area (Å²) in [5.41, 5.74) is 8.51. The van der Waals surface area contributed by atoms with Crippen LogP contribution in [0.25, 0.3) is 0 Å². The van der Waals surface area contributed by atoms with E-state index in [0.717, 1.165) is 18.4 Å². The minimum Gasteiger partial charge on any atom is -0.481 e. The summed E-state index contributed by atoms with van der Waals surface area (Å²) >= 11 is 0. The number of benzene rings is 1. The molecule has 1 rings (SSSR count). The average Bonchev–Trinajstić information content (AvgIpc) is 2.38. The van der Waals surface area contributed by atoms with Crippen LogP contribution < -0.4 is 5.73 Å². The van der Waals surface area contributed by atoms with Crippen LogP contribution in [0.1, 0.15) is 62.6 Å². The molecule has 1 aromatic carbocycles. The zero-order valence-electron chi connectivity index (χ0n) is 11.2. The maximum Gasteiger partial charge on any atom is 0.303 e. The summed E-state index contributed by atoms with van der Waals surface area (Å²) in [6.45, 7) is 4.35. The van der Waals surface area contributed by atoms with E-state index in [1.807, 2.05) is 18.2 Å². The SMILES string of the molecule is CCC(CC)c1ccccc1C(N)CCC(=O)O. The highest BCUT2D eigenvalue weighted by Crippen LogP contribution is 2.30. The van der Waals surface area contributed by atoms with E-state index in [1.165, 1.54) is 5.56 Å². The molecule has 0 aliphatic rings. The maximum atomic E-state index is 10.6. The highest BCUT2D eigenvalue weighted by Gasteiger charge is 2.16. The Hall–Kier alpha value is -1.35. The molecule has 0 spiro atoms. The van der Waals surface area contributed by atoms with Crippen molar-refractivity contribution in [2.45, 2.75) is 51.5 Å². The Morgan fingerprint density at radius 1 is 1.22 bits per heavy atom. The third kappa shape index (κ3) is 3.84. The third-order valence-electron chi connectivity index (χ3n) is 3.49. The fourth-order valence-electron chi connectivity index (χ4n) is 2.38. The number of hydrogen-bond acceptors (Lipinski definition) is 2. The van der Waals surface area contributed by atoms with Crippen LogP contribution in [0.2, 0.25) is 0 Å². The smallest absolute Gasteiger partial charge is 0.303 e. The summed E-state index contributed by atoms with van der Waals surface area (Å²) in [7, 11) is 0. The van der Waals surface area contributed by atoms with Crippen molar-refractivity contribution in [1.82, 2.24) is 0 Å². The Morgan fingerprint density at radius 3 is 2.28 bits per heavy atom. The number of rotatable bonds is 7. The lowest BCUT2D eigenvalue weighted by molar-refractivity contribution is -0.137. The van der Waals surface area contributed by atoms with Crippen molar-refractivity contribution in [3.8, 4) is 0 Å². The van der Waals surface area contributed by atoms with Gasteiger partial charge in [0.05, 0.1) is 0 Å². The molecule has 0 aromatic heterocycles. The number of nitrogens with two attached hydrogens (primary N) is 1. The Bertz CT molecular complexity index is 386. The van der Waals surface area contributed by atoms with E-state index >= 15 is 0 Å². The summed E-state index contributed by atoms with van der Waals surface area (Å²) in [5.74, 6) is -0.275. The van der Waals surface area contributed by atoms with Crippen molar-refractivity contribution in [2.24, 2.45) is 5.73 Å². The van der Waals surface area contributed by atoms with Gasteiger partial charge in [-0.3, -0.25) is 4.79 Å². The Kier molecular flexibility index (Phi) is 5.86. The van der Waals surface area contributed by atoms with Gasteiger partial charge < -0.3 is 10.8 Å². The van der Waals surface area contributed by atoms with Crippen LogP contribution in [-0.2, 0) is 4.79 Å². The molecule has 0 radical (unpaired) electrons. The number of aliphatic carboxylic acids is 1. The fourth-order valence-corrected chi connectivity index (χ4v) is 2.38. The second-order valence-electron chi connectivity index (χ2n) is 4.68. The average molecular weight is 249 g/mol. The summed E-state index contributed by atoms with van der Waals surface area (Å²) in [4.78, 5) is 10.6. The molecule has 0 saturated heterocycles. The van der Waals surface area contributed by atoms with Gasteiger partial charge in [-0.15, -0.1) is 0 Å². The minimum atomic E-state index is -0.787. The fraction of sp³-hybridized carbons (Fsp3) is 0.533. The standard InChI is InChI=1S/C15H23NO2/c1-3-11(4-2)12-7-5-6-8-13(12)14(16)9-10-15(17)18/h5-8,11,14H,3-4,9-10,16H2,1-2H3,(H,17,18). The zero-order valence-corrected chi connectivity index (χ0v) is 11.2. The van der Waals surface area contributed by atoms with Crippen LogP contribution in [0.15, 0.2) is 24.3 Å². The second kappa shape index (κ2) is 7.17. The van der Waals surface area contributed by atoms with E-state index in [1.54, 1.807) is 0 Å². The van der Waals surface area contributed by atoms with Crippen molar-refractivity contribution in [3.63, 3.8) is 0 Å². The Labute approximate surface area is 109 Å². The van der Waals surface area contributed by atoms with E-state index in [9.17, 15) is 4.79 Å². The van der Waals surface area contributed by atoms with Crippen LogP contribution in [-0.4, -0.2) is 11.1 Å². The van der Waals surface area contributed by atoms with Gasteiger partial charge in [0.15, 0.2) is 0 Å². The number of carbonyl (C=O) groups is 1. The van der Waals surface area contributed by atoms with Crippen molar-refractivity contribution in [3.05, 3.63) is 35.4 Å². The van der Waals surface area contributed by atoms with Gasteiger partial charge in [0.2, 0.25) is 0 Å². The molecule has 0 bridgehead atoms. The van der Waals surface area contributed by atoms with E-state index in [-0.39, 0.29) is 12.5 Å². The molecule has 3 N–H and O–H groups in total. The molecular formula is C15H23NO2. The topological polar surface area (TPSA) is 63.3 Å². The normalized spacial score (nSPS) is 12.7. The molecule has 0 amide bonds. The molecular weight excluding hydrogens is 226 g/mol. The second-order valence-corrected chi connectivity index (χ2v) is 4.68. The van der Waals surface area contributed by atoms with Crippen LogP contribution in [0.5, 0.6) is 0 Å². The Morgan fingerprint density at radius 2 is 1.78 bits per heavy atom. The minimum absolute atomic E-state index is 0.123. The first-order valence-corrected chi connectivity index (χ1v) is 6.66.